The SMILES string of the molecule is O=C(c1cccc(F)c1Cl)N1CCCCC1CBr. The smallest absolute Gasteiger partial charge is 0.255 e. The van der Waals surface area contributed by atoms with Gasteiger partial charge in [-0.1, -0.05) is 33.6 Å². The van der Waals surface area contributed by atoms with Crippen molar-refractivity contribution in [3.8, 4) is 0 Å². The molecule has 1 aliphatic rings. The normalized spacial score (nSPS) is 19.9. The van der Waals surface area contributed by atoms with Crippen molar-refractivity contribution >= 4 is 33.4 Å². The van der Waals surface area contributed by atoms with Gasteiger partial charge in [0.05, 0.1) is 10.6 Å². The molecule has 1 amide bonds. The maximum atomic E-state index is 13.4. The summed E-state index contributed by atoms with van der Waals surface area (Å²) < 4.78 is 13.4. The summed E-state index contributed by atoms with van der Waals surface area (Å²) in [6, 6.07) is 4.53. The Morgan fingerprint density at radius 3 is 3.00 bits per heavy atom. The molecule has 2 rings (SSSR count). The number of carbonyl (C=O) groups excluding carboxylic acids is 1. The van der Waals surface area contributed by atoms with E-state index in [-0.39, 0.29) is 22.5 Å². The van der Waals surface area contributed by atoms with Crippen molar-refractivity contribution in [3.63, 3.8) is 0 Å². The number of amides is 1. The molecule has 98 valence electrons. The molecule has 5 heteroatoms. The predicted molar refractivity (Wildman–Crippen MR) is 73.9 cm³/mol. The van der Waals surface area contributed by atoms with Crippen molar-refractivity contribution in [3.05, 3.63) is 34.6 Å². The fraction of sp³-hybridized carbons (Fsp3) is 0.462. The van der Waals surface area contributed by atoms with Gasteiger partial charge < -0.3 is 4.90 Å². The van der Waals surface area contributed by atoms with Crippen LogP contribution in [0.5, 0.6) is 0 Å². The van der Waals surface area contributed by atoms with E-state index in [1.54, 1.807) is 11.0 Å². The molecule has 0 N–H and O–H groups in total. The largest absolute Gasteiger partial charge is 0.335 e. The molecule has 1 aliphatic heterocycles. The van der Waals surface area contributed by atoms with Crippen LogP contribution in [0.15, 0.2) is 18.2 Å². The molecule has 1 unspecified atom stereocenters. The third kappa shape index (κ3) is 2.69. The minimum atomic E-state index is -0.546. The Morgan fingerprint density at radius 2 is 2.28 bits per heavy atom. The molecule has 2 nitrogen and oxygen atoms in total. The second kappa shape index (κ2) is 6.02. The lowest BCUT2D eigenvalue weighted by Gasteiger charge is -2.35. The summed E-state index contributed by atoms with van der Waals surface area (Å²) in [6.07, 6.45) is 3.09. The molecule has 0 spiro atoms. The van der Waals surface area contributed by atoms with Gasteiger partial charge in [-0.25, -0.2) is 4.39 Å². The summed E-state index contributed by atoms with van der Waals surface area (Å²) in [5.74, 6) is -0.724. The van der Waals surface area contributed by atoms with Gasteiger partial charge >= 0.3 is 0 Å². The van der Waals surface area contributed by atoms with Gasteiger partial charge in [-0.05, 0) is 31.4 Å². The maximum absolute atomic E-state index is 13.4. The van der Waals surface area contributed by atoms with E-state index in [2.05, 4.69) is 15.9 Å². The Morgan fingerprint density at radius 1 is 1.50 bits per heavy atom. The maximum Gasteiger partial charge on any atom is 0.255 e. The van der Waals surface area contributed by atoms with E-state index in [0.29, 0.717) is 6.54 Å². The van der Waals surface area contributed by atoms with Crippen molar-refractivity contribution in [1.82, 2.24) is 4.90 Å². The van der Waals surface area contributed by atoms with Crippen LogP contribution in [0, 0.1) is 5.82 Å². The lowest BCUT2D eigenvalue weighted by molar-refractivity contribution is 0.0641. The summed E-state index contributed by atoms with van der Waals surface area (Å²) in [5, 5.41) is 0.660. The topological polar surface area (TPSA) is 20.3 Å². The van der Waals surface area contributed by atoms with Gasteiger partial charge in [0.2, 0.25) is 0 Å². The first-order chi connectivity index (χ1) is 8.65. The van der Waals surface area contributed by atoms with Gasteiger partial charge in [0, 0.05) is 17.9 Å². The predicted octanol–water partition coefficient (Wildman–Crippen LogP) is 3.87. The lowest BCUT2D eigenvalue weighted by atomic mass is 10.0. The van der Waals surface area contributed by atoms with E-state index in [1.807, 2.05) is 0 Å². The molecule has 0 aromatic heterocycles. The Bertz CT molecular complexity index is 455. The second-order valence-electron chi connectivity index (χ2n) is 4.40. The van der Waals surface area contributed by atoms with E-state index >= 15 is 0 Å². The fourth-order valence-electron chi connectivity index (χ4n) is 2.25. The second-order valence-corrected chi connectivity index (χ2v) is 5.43. The highest BCUT2D eigenvalue weighted by Crippen LogP contribution is 2.25. The van der Waals surface area contributed by atoms with Gasteiger partial charge in [-0.15, -0.1) is 0 Å². The van der Waals surface area contributed by atoms with Gasteiger partial charge in [0.1, 0.15) is 5.82 Å². The first-order valence-corrected chi connectivity index (χ1v) is 7.46. The van der Waals surface area contributed by atoms with Crippen LogP contribution in [0.3, 0.4) is 0 Å². The number of piperidine rings is 1. The number of halogens is 3. The highest BCUT2D eigenvalue weighted by Gasteiger charge is 2.28. The van der Waals surface area contributed by atoms with Crippen molar-refractivity contribution in [2.24, 2.45) is 0 Å². The zero-order valence-electron chi connectivity index (χ0n) is 9.83. The number of benzene rings is 1. The molecular formula is C13H14BrClFNO. The molecule has 1 aromatic carbocycles. The fourth-order valence-corrected chi connectivity index (χ4v) is 3.13. The summed E-state index contributed by atoms with van der Waals surface area (Å²) in [6.45, 7) is 0.710. The standard InChI is InChI=1S/C13H14BrClFNO/c14-8-9-4-1-2-7-17(9)13(18)10-5-3-6-11(16)12(10)15/h3,5-6,9H,1-2,4,7-8H2. The third-order valence-electron chi connectivity index (χ3n) is 3.25. The molecule has 0 radical (unpaired) electrons. The first-order valence-electron chi connectivity index (χ1n) is 5.96. The molecule has 1 heterocycles. The molecule has 18 heavy (non-hydrogen) atoms. The molecule has 1 fully saturated rings. The average molecular weight is 335 g/mol. The monoisotopic (exact) mass is 333 g/mol. The first kappa shape index (κ1) is 13.8. The van der Waals surface area contributed by atoms with E-state index in [9.17, 15) is 9.18 Å². The summed E-state index contributed by atoms with van der Waals surface area (Å²) in [4.78, 5) is 14.2. The number of hydrogen-bond acceptors (Lipinski definition) is 1. The Balaban J connectivity index is 2.27. The van der Waals surface area contributed by atoms with E-state index in [4.69, 9.17) is 11.6 Å². The quantitative estimate of drug-likeness (QED) is 0.752. The number of rotatable bonds is 2. The minimum Gasteiger partial charge on any atom is -0.335 e. The van der Waals surface area contributed by atoms with Crippen LogP contribution in [0.1, 0.15) is 29.6 Å². The number of carbonyl (C=O) groups is 1. The molecule has 0 aliphatic carbocycles. The minimum absolute atomic E-state index is 0.0820. The van der Waals surface area contributed by atoms with Crippen LogP contribution in [0.4, 0.5) is 4.39 Å². The Hall–Kier alpha value is -0.610. The Labute approximate surface area is 119 Å². The molecular weight excluding hydrogens is 321 g/mol. The van der Waals surface area contributed by atoms with Crippen LogP contribution < -0.4 is 0 Å². The van der Waals surface area contributed by atoms with Crippen molar-refractivity contribution in [2.75, 3.05) is 11.9 Å². The molecule has 1 saturated heterocycles. The molecule has 0 bridgehead atoms. The van der Waals surface area contributed by atoms with Gasteiger partial charge in [0.15, 0.2) is 0 Å². The highest BCUT2D eigenvalue weighted by atomic mass is 79.9. The van der Waals surface area contributed by atoms with Crippen molar-refractivity contribution < 1.29 is 9.18 Å². The number of likely N-dealkylation sites (tertiary alicyclic amines) is 1. The molecule has 1 aromatic rings. The van der Waals surface area contributed by atoms with Gasteiger partial charge in [0.25, 0.3) is 5.91 Å². The Kier molecular flexibility index (Phi) is 4.62. The summed E-state index contributed by atoms with van der Waals surface area (Å²) >= 11 is 9.29. The van der Waals surface area contributed by atoms with Crippen LogP contribution >= 0.6 is 27.5 Å². The van der Waals surface area contributed by atoms with E-state index < -0.39 is 5.82 Å². The van der Waals surface area contributed by atoms with E-state index in [0.717, 1.165) is 24.6 Å². The van der Waals surface area contributed by atoms with Crippen LogP contribution in [-0.4, -0.2) is 28.7 Å². The molecule has 1 atom stereocenters. The van der Waals surface area contributed by atoms with Crippen molar-refractivity contribution in [1.29, 1.82) is 0 Å². The van der Waals surface area contributed by atoms with E-state index in [1.165, 1.54) is 12.1 Å². The number of nitrogens with zero attached hydrogens (tertiary/aromatic N) is 1. The highest BCUT2D eigenvalue weighted by molar-refractivity contribution is 9.09. The van der Waals surface area contributed by atoms with Gasteiger partial charge in [-0.2, -0.15) is 0 Å². The number of hydrogen-bond donors (Lipinski definition) is 0. The van der Waals surface area contributed by atoms with Crippen LogP contribution in [0.2, 0.25) is 5.02 Å². The molecule has 0 saturated carbocycles. The van der Waals surface area contributed by atoms with Crippen LogP contribution in [-0.2, 0) is 0 Å². The lowest BCUT2D eigenvalue weighted by Crippen LogP contribution is -2.44. The zero-order chi connectivity index (χ0) is 13.1. The number of alkyl halides is 1. The third-order valence-corrected chi connectivity index (χ3v) is 4.38. The van der Waals surface area contributed by atoms with Crippen LogP contribution in [0.25, 0.3) is 0 Å². The van der Waals surface area contributed by atoms with Gasteiger partial charge in [-0.3, -0.25) is 4.79 Å². The summed E-state index contributed by atoms with van der Waals surface area (Å²) in [5.41, 5.74) is 0.254. The van der Waals surface area contributed by atoms with Crippen molar-refractivity contribution in [2.45, 2.75) is 25.3 Å². The zero-order valence-corrected chi connectivity index (χ0v) is 12.2. The summed E-state index contributed by atoms with van der Waals surface area (Å²) in [7, 11) is 0. The average Bonchev–Trinajstić information content (AvgIpc) is 2.41.